The zero-order chi connectivity index (χ0) is 15.1. The number of aromatic nitrogens is 1. The molecule has 0 atom stereocenters. The summed E-state index contributed by atoms with van der Waals surface area (Å²) in [5.41, 5.74) is 1.56. The number of nitrogens with zero attached hydrogens (tertiary/aromatic N) is 1. The van der Waals surface area contributed by atoms with Crippen LogP contribution in [0.3, 0.4) is 0 Å². The number of carbonyl (C=O) groups excluding carboxylic acids is 1. The minimum absolute atomic E-state index is 0.190. The maximum absolute atomic E-state index is 11.8. The molecular weight excluding hydrogens is 288 g/mol. The Hall–Kier alpha value is -1.92. The summed E-state index contributed by atoms with van der Waals surface area (Å²) in [6.45, 7) is 3.33. The molecule has 2 rings (SSSR count). The molecule has 5 nitrogen and oxygen atoms in total. The molecule has 1 aromatic carbocycles. The van der Waals surface area contributed by atoms with Crippen LogP contribution in [-0.4, -0.2) is 31.2 Å². The Morgan fingerprint density at radius 3 is 3.05 bits per heavy atom. The Bertz CT molecular complexity index is 598. The normalized spacial score (nSPS) is 10.4. The Balaban J connectivity index is 1.86. The first-order valence-electron chi connectivity index (χ1n) is 6.60. The maximum atomic E-state index is 11.8. The lowest BCUT2D eigenvalue weighted by molar-refractivity contribution is 0.0932. The third-order valence-electron chi connectivity index (χ3n) is 2.73. The molecular formula is C15H18N2O3S. The molecule has 0 saturated heterocycles. The van der Waals surface area contributed by atoms with Crippen LogP contribution in [0.25, 0.3) is 0 Å². The second-order valence-electron chi connectivity index (χ2n) is 4.48. The largest absolute Gasteiger partial charge is 0.486 e. The fraction of sp³-hybridized carbons (Fsp3) is 0.333. The lowest BCUT2D eigenvalue weighted by Crippen LogP contribution is -2.27. The smallest absolute Gasteiger partial charge is 0.270 e. The molecule has 1 amide bonds. The molecule has 0 aliphatic rings. The molecule has 0 bridgehead atoms. The third kappa shape index (κ3) is 4.84. The fourth-order valence-corrected chi connectivity index (χ4v) is 2.37. The Kier molecular flexibility index (Phi) is 5.71. The number of nitrogens with one attached hydrogen (secondary N) is 1. The van der Waals surface area contributed by atoms with Crippen LogP contribution >= 0.6 is 11.3 Å². The first-order valence-corrected chi connectivity index (χ1v) is 7.48. The lowest BCUT2D eigenvalue weighted by Gasteiger charge is -2.04. The summed E-state index contributed by atoms with van der Waals surface area (Å²) in [4.78, 5) is 16.1. The van der Waals surface area contributed by atoms with Crippen molar-refractivity contribution in [3.63, 3.8) is 0 Å². The molecule has 2 aromatic rings. The Morgan fingerprint density at radius 1 is 1.43 bits per heavy atom. The van der Waals surface area contributed by atoms with Crippen LogP contribution in [0, 0.1) is 6.92 Å². The predicted molar refractivity (Wildman–Crippen MR) is 81.8 cm³/mol. The Labute approximate surface area is 127 Å². The van der Waals surface area contributed by atoms with Gasteiger partial charge in [0.15, 0.2) is 0 Å². The van der Waals surface area contributed by atoms with Crippen molar-refractivity contribution >= 4 is 17.2 Å². The summed E-state index contributed by atoms with van der Waals surface area (Å²) >= 11 is 1.41. The number of carbonyl (C=O) groups is 1. The summed E-state index contributed by atoms with van der Waals surface area (Å²) in [7, 11) is 1.59. The van der Waals surface area contributed by atoms with Crippen LogP contribution in [0.15, 0.2) is 29.6 Å². The average Bonchev–Trinajstić information content (AvgIpc) is 2.94. The van der Waals surface area contributed by atoms with Crippen molar-refractivity contribution in [2.24, 2.45) is 0 Å². The highest BCUT2D eigenvalue weighted by Gasteiger charge is 2.10. The Morgan fingerprint density at radius 2 is 2.29 bits per heavy atom. The number of thiazole rings is 1. The molecule has 0 saturated carbocycles. The quantitative estimate of drug-likeness (QED) is 0.798. The van der Waals surface area contributed by atoms with E-state index in [1.54, 1.807) is 12.5 Å². The van der Waals surface area contributed by atoms with Gasteiger partial charge in [-0.25, -0.2) is 4.98 Å². The van der Waals surface area contributed by atoms with Crippen molar-refractivity contribution in [2.75, 3.05) is 20.3 Å². The predicted octanol–water partition coefficient (Wildman–Crippen LogP) is 2.41. The molecule has 0 radical (unpaired) electrons. The zero-order valence-electron chi connectivity index (χ0n) is 12.1. The van der Waals surface area contributed by atoms with Crippen LogP contribution in [0.5, 0.6) is 5.75 Å². The van der Waals surface area contributed by atoms with E-state index in [2.05, 4.69) is 10.3 Å². The van der Waals surface area contributed by atoms with Crippen molar-refractivity contribution in [2.45, 2.75) is 13.5 Å². The van der Waals surface area contributed by atoms with Gasteiger partial charge in [0.05, 0.1) is 6.61 Å². The summed E-state index contributed by atoms with van der Waals surface area (Å²) < 4.78 is 10.5. The maximum Gasteiger partial charge on any atom is 0.270 e. The number of aryl methyl sites for hydroxylation is 1. The van der Waals surface area contributed by atoms with Crippen molar-refractivity contribution in [1.82, 2.24) is 10.3 Å². The molecule has 0 fully saturated rings. The first kappa shape index (κ1) is 15.5. The van der Waals surface area contributed by atoms with E-state index in [9.17, 15) is 4.79 Å². The highest BCUT2D eigenvalue weighted by molar-refractivity contribution is 7.09. The summed E-state index contributed by atoms with van der Waals surface area (Å²) in [5.74, 6) is 0.612. The molecule has 0 aliphatic carbocycles. The van der Waals surface area contributed by atoms with E-state index in [1.807, 2.05) is 31.2 Å². The molecule has 1 N–H and O–H groups in total. The van der Waals surface area contributed by atoms with E-state index in [1.165, 1.54) is 11.3 Å². The summed E-state index contributed by atoms with van der Waals surface area (Å²) in [6, 6.07) is 7.82. The van der Waals surface area contributed by atoms with E-state index in [4.69, 9.17) is 9.47 Å². The molecule has 6 heteroatoms. The summed E-state index contributed by atoms with van der Waals surface area (Å²) in [6.07, 6.45) is 0. The summed E-state index contributed by atoms with van der Waals surface area (Å²) in [5, 5.41) is 5.24. The van der Waals surface area contributed by atoms with Gasteiger partial charge in [0, 0.05) is 19.0 Å². The van der Waals surface area contributed by atoms with Crippen LogP contribution in [0.2, 0.25) is 0 Å². The van der Waals surface area contributed by atoms with Crippen molar-refractivity contribution in [3.05, 3.63) is 45.9 Å². The van der Waals surface area contributed by atoms with Gasteiger partial charge in [0.2, 0.25) is 0 Å². The van der Waals surface area contributed by atoms with Crippen molar-refractivity contribution < 1.29 is 14.3 Å². The van der Waals surface area contributed by atoms with E-state index in [0.717, 1.165) is 16.3 Å². The lowest BCUT2D eigenvalue weighted by atomic mass is 10.2. The van der Waals surface area contributed by atoms with Gasteiger partial charge in [-0.3, -0.25) is 4.79 Å². The number of hydrogen-bond donors (Lipinski definition) is 1. The number of hydrogen-bond acceptors (Lipinski definition) is 5. The van der Waals surface area contributed by atoms with E-state index in [0.29, 0.717) is 25.5 Å². The van der Waals surface area contributed by atoms with E-state index < -0.39 is 0 Å². The molecule has 112 valence electrons. The number of benzene rings is 1. The van der Waals surface area contributed by atoms with Gasteiger partial charge < -0.3 is 14.8 Å². The minimum Gasteiger partial charge on any atom is -0.486 e. The standard InChI is InChI=1S/C15H18N2O3S/c1-11-4-3-5-12(8-11)20-9-14-17-13(10-21-14)15(18)16-6-7-19-2/h3-5,8,10H,6-7,9H2,1-2H3,(H,16,18). The van der Waals surface area contributed by atoms with Gasteiger partial charge >= 0.3 is 0 Å². The van der Waals surface area contributed by atoms with Gasteiger partial charge in [0.1, 0.15) is 23.1 Å². The second kappa shape index (κ2) is 7.75. The number of amides is 1. The van der Waals surface area contributed by atoms with Crippen molar-refractivity contribution in [3.8, 4) is 5.75 Å². The van der Waals surface area contributed by atoms with Crippen LogP contribution in [-0.2, 0) is 11.3 Å². The zero-order valence-corrected chi connectivity index (χ0v) is 12.9. The van der Waals surface area contributed by atoms with Gasteiger partial charge in [-0.05, 0) is 24.6 Å². The molecule has 0 unspecified atom stereocenters. The highest BCUT2D eigenvalue weighted by Crippen LogP contribution is 2.16. The molecule has 0 spiro atoms. The topological polar surface area (TPSA) is 60.5 Å². The minimum atomic E-state index is -0.190. The van der Waals surface area contributed by atoms with Gasteiger partial charge in [0.25, 0.3) is 5.91 Å². The SMILES string of the molecule is COCCNC(=O)c1csc(COc2cccc(C)c2)n1. The average molecular weight is 306 g/mol. The number of rotatable bonds is 7. The monoisotopic (exact) mass is 306 g/mol. The molecule has 1 heterocycles. The molecule has 21 heavy (non-hydrogen) atoms. The highest BCUT2D eigenvalue weighted by atomic mass is 32.1. The van der Waals surface area contributed by atoms with Crippen molar-refractivity contribution in [1.29, 1.82) is 0 Å². The first-order chi connectivity index (χ1) is 10.2. The van der Waals surface area contributed by atoms with Gasteiger partial charge in [-0.1, -0.05) is 12.1 Å². The fourth-order valence-electron chi connectivity index (χ4n) is 1.69. The van der Waals surface area contributed by atoms with Gasteiger partial charge in [-0.2, -0.15) is 0 Å². The molecule has 1 aromatic heterocycles. The number of ether oxygens (including phenoxy) is 2. The third-order valence-corrected chi connectivity index (χ3v) is 3.55. The molecule has 0 aliphatic heterocycles. The second-order valence-corrected chi connectivity index (χ2v) is 5.42. The van der Waals surface area contributed by atoms with Gasteiger partial charge in [-0.15, -0.1) is 11.3 Å². The van der Waals surface area contributed by atoms with E-state index >= 15 is 0 Å². The van der Waals surface area contributed by atoms with Crippen LogP contribution in [0.4, 0.5) is 0 Å². The number of methoxy groups -OCH3 is 1. The van der Waals surface area contributed by atoms with Crippen LogP contribution in [0.1, 0.15) is 21.1 Å². The van der Waals surface area contributed by atoms with E-state index in [-0.39, 0.29) is 5.91 Å². The van der Waals surface area contributed by atoms with Crippen LogP contribution < -0.4 is 10.1 Å².